The number of aryl methyl sites for hydroxylation is 1. The lowest BCUT2D eigenvalue weighted by Crippen LogP contribution is -2.22. The predicted molar refractivity (Wildman–Crippen MR) is 106 cm³/mol. The van der Waals surface area contributed by atoms with Gasteiger partial charge < -0.3 is 15.7 Å². The van der Waals surface area contributed by atoms with Crippen molar-refractivity contribution < 1.29 is 9.90 Å². The molecule has 27 heavy (non-hydrogen) atoms. The Morgan fingerprint density at radius 3 is 2.93 bits per heavy atom. The van der Waals surface area contributed by atoms with Gasteiger partial charge in [-0.25, -0.2) is 4.79 Å². The molecule has 1 aromatic heterocycles. The number of nitrogens with one attached hydrogen (secondary N) is 2. The largest absolute Gasteiger partial charge is 0.478 e. The fourth-order valence-corrected chi connectivity index (χ4v) is 3.62. The van der Waals surface area contributed by atoms with E-state index in [0.717, 1.165) is 6.54 Å². The van der Waals surface area contributed by atoms with E-state index in [4.69, 9.17) is 0 Å². The van der Waals surface area contributed by atoms with Crippen LogP contribution in [0.5, 0.6) is 0 Å². The summed E-state index contributed by atoms with van der Waals surface area (Å²) in [4.78, 5) is 15.4. The first-order valence-corrected chi connectivity index (χ1v) is 8.97. The van der Waals surface area contributed by atoms with Gasteiger partial charge in [0.25, 0.3) is 0 Å². The molecule has 1 aliphatic heterocycles. The maximum Gasteiger partial charge on any atom is 0.337 e. The minimum Gasteiger partial charge on any atom is -0.478 e. The van der Waals surface area contributed by atoms with Crippen molar-refractivity contribution in [3.63, 3.8) is 0 Å². The average Bonchev–Trinajstić information content (AvgIpc) is 3.09. The van der Waals surface area contributed by atoms with E-state index in [2.05, 4.69) is 65.0 Å². The summed E-state index contributed by atoms with van der Waals surface area (Å²) in [6.07, 6.45) is 3.05. The lowest BCUT2D eigenvalue weighted by Gasteiger charge is -2.16. The number of anilines is 1. The van der Waals surface area contributed by atoms with Crippen molar-refractivity contribution in [2.75, 3.05) is 11.9 Å². The summed E-state index contributed by atoms with van der Waals surface area (Å²) in [5.41, 5.74) is 7.05. The SMILES string of the molecule is Cc1ccccc1-c1ccc2c(c1)CN[C@H]2CNc1cnccc1C(=O)O. The molecule has 136 valence electrons. The quantitative estimate of drug-likeness (QED) is 0.642. The molecule has 4 rings (SSSR count). The van der Waals surface area contributed by atoms with Crippen LogP contribution in [0.4, 0.5) is 5.69 Å². The summed E-state index contributed by atoms with van der Waals surface area (Å²) < 4.78 is 0. The summed E-state index contributed by atoms with van der Waals surface area (Å²) in [7, 11) is 0. The van der Waals surface area contributed by atoms with Crippen molar-refractivity contribution in [1.82, 2.24) is 10.3 Å². The topological polar surface area (TPSA) is 74.2 Å². The van der Waals surface area contributed by atoms with E-state index in [-0.39, 0.29) is 11.6 Å². The number of carboxylic acids is 1. The van der Waals surface area contributed by atoms with E-state index < -0.39 is 5.97 Å². The molecular weight excluding hydrogens is 338 g/mol. The van der Waals surface area contributed by atoms with Gasteiger partial charge in [-0.05, 0) is 46.9 Å². The number of rotatable bonds is 5. The number of hydrogen-bond acceptors (Lipinski definition) is 4. The van der Waals surface area contributed by atoms with Crippen LogP contribution in [0.15, 0.2) is 60.9 Å². The van der Waals surface area contributed by atoms with E-state index >= 15 is 0 Å². The molecule has 0 fully saturated rings. The first-order chi connectivity index (χ1) is 13.1. The number of nitrogens with zero attached hydrogens (tertiary/aromatic N) is 1. The van der Waals surface area contributed by atoms with Gasteiger partial charge in [0.05, 0.1) is 23.5 Å². The van der Waals surface area contributed by atoms with Crippen molar-refractivity contribution in [2.24, 2.45) is 0 Å². The Bertz CT molecular complexity index is 1000. The summed E-state index contributed by atoms with van der Waals surface area (Å²) in [6.45, 7) is 3.53. The number of carbonyl (C=O) groups is 1. The van der Waals surface area contributed by atoms with Gasteiger partial charge in [0.1, 0.15) is 0 Å². The van der Waals surface area contributed by atoms with Gasteiger partial charge in [0.2, 0.25) is 0 Å². The number of pyridine rings is 1. The lowest BCUT2D eigenvalue weighted by atomic mass is 9.95. The van der Waals surface area contributed by atoms with Crippen LogP contribution >= 0.6 is 0 Å². The van der Waals surface area contributed by atoms with E-state index in [0.29, 0.717) is 12.2 Å². The molecule has 1 aliphatic rings. The Labute approximate surface area is 158 Å². The van der Waals surface area contributed by atoms with Crippen molar-refractivity contribution in [1.29, 1.82) is 0 Å². The van der Waals surface area contributed by atoms with Crippen LogP contribution in [0.1, 0.15) is 33.1 Å². The van der Waals surface area contributed by atoms with Crippen LogP contribution in [0.25, 0.3) is 11.1 Å². The fraction of sp³-hybridized carbons (Fsp3) is 0.182. The highest BCUT2D eigenvalue weighted by molar-refractivity contribution is 5.93. The van der Waals surface area contributed by atoms with E-state index in [1.54, 1.807) is 6.20 Å². The van der Waals surface area contributed by atoms with Crippen LogP contribution in [-0.2, 0) is 6.54 Å². The Balaban J connectivity index is 1.53. The summed E-state index contributed by atoms with van der Waals surface area (Å²) in [5, 5.41) is 16.0. The molecule has 0 spiro atoms. The molecule has 2 aromatic carbocycles. The van der Waals surface area contributed by atoms with Gasteiger partial charge in [-0.3, -0.25) is 4.98 Å². The van der Waals surface area contributed by atoms with Crippen LogP contribution in [0.2, 0.25) is 0 Å². The second kappa shape index (κ2) is 7.21. The monoisotopic (exact) mass is 359 g/mol. The number of aromatic carboxylic acids is 1. The number of hydrogen-bond donors (Lipinski definition) is 3. The Morgan fingerprint density at radius 2 is 2.11 bits per heavy atom. The second-order valence-corrected chi connectivity index (χ2v) is 6.77. The fourth-order valence-electron chi connectivity index (χ4n) is 3.62. The summed E-state index contributed by atoms with van der Waals surface area (Å²) in [6, 6.07) is 16.6. The van der Waals surface area contributed by atoms with E-state index in [1.807, 2.05) is 0 Å². The summed E-state index contributed by atoms with van der Waals surface area (Å²) in [5.74, 6) is -0.956. The molecule has 0 unspecified atom stereocenters. The third kappa shape index (κ3) is 3.41. The minimum absolute atomic E-state index is 0.132. The van der Waals surface area contributed by atoms with Gasteiger partial charge in [0, 0.05) is 19.3 Å². The van der Waals surface area contributed by atoms with Crippen LogP contribution in [-0.4, -0.2) is 22.6 Å². The Morgan fingerprint density at radius 1 is 1.26 bits per heavy atom. The molecule has 0 saturated carbocycles. The molecule has 3 aromatic rings. The second-order valence-electron chi connectivity index (χ2n) is 6.77. The molecular formula is C22H21N3O2. The Kier molecular flexibility index (Phi) is 4.60. The maximum absolute atomic E-state index is 11.3. The highest BCUT2D eigenvalue weighted by Gasteiger charge is 2.22. The van der Waals surface area contributed by atoms with Crippen molar-refractivity contribution >= 4 is 11.7 Å². The highest BCUT2D eigenvalue weighted by Crippen LogP contribution is 2.31. The Hall–Kier alpha value is -3.18. The summed E-state index contributed by atoms with van der Waals surface area (Å²) >= 11 is 0. The maximum atomic E-state index is 11.3. The first kappa shape index (κ1) is 17.2. The molecule has 0 saturated heterocycles. The number of aromatic nitrogens is 1. The smallest absolute Gasteiger partial charge is 0.337 e. The molecule has 5 heteroatoms. The number of fused-ring (bicyclic) bond motifs is 1. The molecule has 0 amide bonds. The molecule has 0 bridgehead atoms. The lowest BCUT2D eigenvalue weighted by molar-refractivity contribution is 0.0698. The zero-order valence-electron chi connectivity index (χ0n) is 15.1. The van der Waals surface area contributed by atoms with Crippen molar-refractivity contribution in [2.45, 2.75) is 19.5 Å². The normalized spacial score (nSPS) is 15.4. The standard InChI is InChI=1S/C22H21N3O2/c1-14-4-2-3-5-17(14)15-6-7-18-16(10-15)11-24-21(18)13-25-20-12-23-9-8-19(20)22(26)27/h2-10,12,21,24-25H,11,13H2,1H3,(H,26,27)/t21-/m0/s1. The number of carboxylic acid groups (broad SMARTS) is 1. The van der Waals surface area contributed by atoms with Crippen molar-refractivity contribution in [3.8, 4) is 11.1 Å². The highest BCUT2D eigenvalue weighted by atomic mass is 16.4. The van der Waals surface area contributed by atoms with E-state index in [9.17, 15) is 9.90 Å². The molecule has 3 N–H and O–H groups in total. The zero-order valence-corrected chi connectivity index (χ0v) is 15.1. The molecule has 2 heterocycles. The molecule has 0 aliphatic carbocycles. The van der Waals surface area contributed by atoms with Crippen LogP contribution in [0, 0.1) is 6.92 Å². The van der Waals surface area contributed by atoms with Gasteiger partial charge in [0.15, 0.2) is 0 Å². The van der Waals surface area contributed by atoms with Crippen molar-refractivity contribution in [3.05, 3.63) is 83.2 Å². The van der Waals surface area contributed by atoms with Crippen LogP contribution in [0.3, 0.4) is 0 Å². The average molecular weight is 359 g/mol. The molecule has 1 atom stereocenters. The van der Waals surface area contributed by atoms with Crippen LogP contribution < -0.4 is 10.6 Å². The zero-order chi connectivity index (χ0) is 18.8. The predicted octanol–water partition coefficient (Wildman–Crippen LogP) is 4.01. The van der Waals surface area contributed by atoms with Gasteiger partial charge in [-0.1, -0.05) is 36.4 Å². The van der Waals surface area contributed by atoms with Gasteiger partial charge in [-0.2, -0.15) is 0 Å². The van der Waals surface area contributed by atoms with Gasteiger partial charge in [-0.15, -0.1) is 0 Å². The first-order valence-electron chi connectivity index (χ1n) is 8.97. The van der Waals surface area contributed by atoms with Gasteiger partial charge >= 0.3 is 5.97 Å². The molecule has 0 radical (unpaired) electrons. The minimum atomic E-state index is -0.956. The third-order valence-electron chi connectivity index (χ3n) is 5.06. The molecule has 5 nitrogen and oxygen atoms in total. The third-order valence-corrected chi connectivity index (χ3v) is 5.06. The number of benzene rings is 2. The van der Waals surface area contributed by atoms with E-state index in [1.165, 1.54) is 40.1 Å².